The summed E-state index contributed by atoms with van der Waals surface area (Å²) in [6.45, 7) is 5.05. The largest absolute Gasteiger partial charge is 0.339 e. The van der Waals surface area contributed by atoms with Crippen LogP contribution in [0.3, 0.4) is 0 Å². The molecule has 22 heavy (non-hydrogen) atoms. The molecule has 1 aliphatic heterocycles. The number of rotatable bonds is 1. The van der Waals surface area contributed by atoms with Crippen LogP contribution in [-0.2, 0) is 14.4 Å². The third-order valence-corrected chi connectivity index (χ3v) is 4.14. The average molecular weight is 368 g/mol. The van der Waals surface area contributed by atoms with Gasteiger partial charge in [-0.3, -0.25) is 14.4 Å². The van der Waals surface area contributed by atoms with Crippen LogP contribution in [0.1, 0.15) is 12.5 Å². The van der Waals surface area contributed by atoms with Crippen molar-refractivity contribution in [3.05, 3.63) is 28.2 Å². The molecule has 7 heteroatoms. The highest BCUT2D eigenvalue weighted by Gasteiger charge is 2.27. The number of nitrogens with one attached hydrogen (secondary N) is 1. The number of piperazine rings is 1. The lowest BCUT2D eigenvalue weighted by molar-refractivity contribution is -0.145. The van der Waals surface area contributed by atoms with Gasteiger partial charge in [0, 0.05) is 43.3 Å². The molecule has 1 aromatic rings. The summed E-state index contributed by atoms with van der Waals surface area (Å²) in [5, 5.41) is 2.64. The molecule has 0 spiro atoms. The van der Waals surface area contributed by atoms with Gasteiger partial charge in [0.2, 0.25) is 5.91 Å². The Kier molecular flexibility index (Phi) is 5.18. The first-order valence-electron chi connectivity index (χ1n) is 7.00. The van der Waals surface area contributed by atoms with Crippen LogP contribution >= 0.6 is 15.9 Å². The molecule has 6 nitrogen and oxygen atoms in total. The molecule has 0 bridgehead atoms. The third-order valence-electron chi connectivity index (χ3n) is 3.64. The lowest BCUT2D eigenvalue weighted by Crippen LogP contribution is -2.52. The number of anilines is 1. The number of benzene rings is 1. The molecule has 3 amide bonds. The number of halogens is 1. The van der Waals surface area contributed by atoms with Crippen LogP contribution in [0.15, 0.2) is 22.7 Å². The summed E-state index contributed by atoms with van der Waals surface area (Å²) in [7, 11) is 0. The van der Waals surface area contributed by atoms with Gasteiger partial charge in [0.25, 0.3) is 0 Å². The van der Waals surface area contributed by atoms with Crippen molar-refractivity contribution < 1.29 is 14.4 Å². The summed E-state index contributed by atoms with van der Waals surface area (Å²) in [5.41, 5.74) is 1.49. The lowest BCUT2D eigenvalue weighted by atomic mass is 10.2. The zero-order chi connectivity index (χ0) is 16.3. The van der Waals surface area contributed by atoms with E-state index in [0.717, 1.165) is 10.0 Å². The average Bonchev–Trinajstić information content (AvgIpc) is 2.49. The van der Waals surface area contributed by atoms with Gasteiger partial charge in [-0.25, -0.2) is 0 Å². The summed E-state index contributed by atoms with van der Waals surface area (Å²) in [5.74, 6) is -1.23. The molecule has 0 saturated carbocycles. The van der Waals surface area contributed by atoms with E-state index < -0.39 is 11.8 Å². The normalized spacial score (nSPS) is 14.7. The van der Waals surface area contributed by atoms with E-state index in [4.69, 9.17) is 0 Å². The number of carbonyl (C=O) groups excluding carboxylic acids is 3. The predicted octanol–water partition coefficient (Wildman–Crippen LogP) is 1.39. The molecule has 1 aromatic carbocycles. The minimum absolute atomic E-state index is 0.0120. The summed E-state index contributed by atoms with van der Waals surface area (Å²) in [6, 6.07) is 5.42. The quantitative estimate of drug-likeness (QED) is 0.762. The van der Waals surface area contributed by atoms with E-state index >= 15 is 0 Å². The first kappa shape index (κ1) is 16.5. The second-order valence-electron chi connectivity index (χ2n) is 5.21. The molecule has 1 aliphatic rings. The van der Waals surface area contributed by atoms with E-state index in [-0.39, 0.29) is 5.91 Å². The molecular formula is C15H18BrN3O3. The van der Waals surface area contributed by atoms with Crippen LogP contribution < -0.4 is 5.32 Å². The molecule has 0 atom stereocenters. The summed E-state index contributed by atoms with van der Waals surface area (Å²) in [6.07, 6.45) is 0. The molecule has 1 saturated heterocycles. The van der Waals surface area contributed by atoms with Crippen LogP contribution in [0, 0.1) is 6.92 Å². The molecule has 2 rings (SSSR count). The second-order valence-corrected chi connectivity index (χ2v) is 6.13. The Hall–Kier alpha value is -1.89. The predicted molar refractivity (Wildman–Crippen MR) is 86.3 cm³/mol. The SMILES string of the molecule is CC(=O)N1CCN(C(=O)C(=O)Nc2ccc(Br)cc2C)CC1. The van der Waals surface area contributed by atoms with Gasteiger partial charge in [-0.2, -0.15) is 0 Å². The number of nitrogens with zero attached hydrogens (tertiary/aromatic N) is 2. The zero-order valence-electron chi connectivity index (χ0n) is 12.6. The van der Waals surface area contributed by atoms with Gasteiger partial charge in [0.05, 0.1) is 0 Å². The van der Waals surface area contributed by atoms with Crippen molar-refractivity contribution in [2.75, 3.05) is 31.5 Å². The monoisotopic (exact) mass is 367 g/mol. The van der Waals surface area contributed by atoms with Gasteiger partial charge in [0.1, 0.15) is 0 Å². The van der Waals surface area contributed by atoms with Gasteiger partial charge in [-0.15, -0.1) is 0 Å². The smallest absolute Gasteiger partial charge is 0.313 e. The number of carbonyl (C=O) groups is 3. The van der Waals surface area contributed by atoms with Crippen molar-refractivity contribution in [1.82, 2.24) is 9.80 Å². The zero-order valence-corrected chi connectivity index (χ0v) is 14.1. The third kappa shape index (κ3) is 3.85. The molecular weight excluding hydrogens is 350 g/mol. The standard InChI is InChI=1S/C15H18BrN3O3/c1-10-9-12(16)3-4-13(10)17-14(21)15(22)19-7-5-18(6-8-19)11(2)20/h3-4,9H,5-8H2,1-2H3,(H,17,21). The number of aryl methyl sites for hydroxylation is 1. The van der Waals surface area contributed by atoms with Crippen LogP contribution in [0.5, 0.6) is 0 Å². The molecule has 0 unspecified atom stereocenters. The highest BCUT2D eigenvalue weighted by atomic mass is 79.9. The Morgan fingerprint density at radius 2 is 1.68 bits per heavy atom. The van der Waals surface area contributed by atoms with Gasteiger partial charge < -0.3 is 15.1 Å². The summed E-state index contributed by atoms with van der Waals surface area (Å²) >= 11 is 3.35. The topological polar surface area (TPSA) is 69.7 Å². The minimum Gasteiger partial charge on any atom is -0.339 e. The highest BCUT2D eigenvalue weighted by molar-refractivity contribution is 9.10. The van der Waals surface area contributed by atoms with E-state index in [9.17, 15) is 14.4 Å². The Morgan fingerprint density at radius 1 is 1.09 bits per heavy atom. The van der Waals surface area contributed by atoms with E-state index in [1.54, 1.807) is 17.0 Å². The Balaban J connectivity index is 1.95. The summed E-state index contributed by atoms with van der Waals surface area (Å²) < 4.78 is 0.912. The maximum atomic E-state index is 12.2. The Labute approximate surface area is 137 Å². The van der Waals surface area contributed by atoms with Crippen molar-refractivity contribution in [3.8, 4) is 0 Å². The molecule has 1 heterocycles. The first-order chi connectivity index (χ1) is 10.4. The van der Waals surface area contributed by atoms with E-state index in [1.165, 1.54) is 11.8 Å². The number of hydrogen-bond acceptors (Lipinski definition) is 3. The van der Waals surface area contributed by atoms with E-state index in [0.29, 0.717) is 31.9 Å². The molecule has 0 radical (unpaired) electrons. The maximum absolute atomic E-state index is 12.2. The van der Waals surface area contributed by atoms with Crippen LogP contribution in [-0.4, -0.2) is 53.7 Å². The van der Waals surface area contributed by atoms with Gasteiger partial charge in [-0.05, 0) is 30.7 Å². The second kappa shape index (κ2) is 6.91. The van der Waals surface area contributed by atoms with Gasteiger partial charge in [-0.1, -0.05) is 15.9 Å². The number of hydrogen-bond donors (Lipinski definition) is 1. The molecule has 0 aliphatic carbocycles. The highest BCUT2D eigenvalue weighted by Crippen LogP contribution is 2.20. The van der Waals surface area contributed by atoms with Crippen molar-refractivity contribution in [2.24, 2.45) is 0 Å². The van der Waals surface area contributed by atoms with E-state index in [2.05, 4.69) is 21.2 Å². The molecule has 0 aromatic heterocycles. The fourth-order valence-electron chi connectivity index (χ4n) is 2.31. The van der Waals surface area contributed by atoms with Crippen molar-refractivity contribution >= 4 is 39.3 Å². The Morgan fingerprint density at radius 3 is 2.23 bits per heavy atom. The fourth-order valence-corrected chi connectivity index (χ4v) is 2.79. The molecule has 1 N–H and O–H groups in total. The van der Waals surface area contributed by atoms with Gasteiger partial charge in [0.15, 0.2) is 0 Å². The van der Waals surface area contributed by atoms with Crippen molar-refractivity contribution in [1.29, 1.82) is 0 Å². The number of amides is 3. The van der Waals surface area contributed by atoms with Crippen LogP contribution in [0.4, 0.5) is 5.69 Å². The maximum Gasteiger partial charge on any atom is 0.313 e. The van der Waals surface area contributed by atoms with Crippen molar-refractivity contribution in [2.45, 2.75) is 13.8 Å². The first-order valence-corrected chi connectivity index (χ1v) is 7.79. The summed E-state index contributed by atoms with van der Waals surface area (Å²) in [4.78, 5) is 38.6. The Bertz CT molecular complexity index is 610. The van der Waals surface area contributed by atoms with E-state index in [1.807, 2.05) is 13.0 Å². The van der Waals surface area contributed by atoms with Crippen LogP contribution in [0.25, 0.3) is 0 Å². The van der Waals surface area contributed by atoms with Crippen LogP contribution in [0.2, 0.25) is 0 Å². The fraction of sp³-hybridized carbons (Fsp3) is 0.400. The molecule has 1 fully saturated rings. The molecule has 118 valence electrons. The minimum atomic E-state index is -0.651. The van der Waals surface area contributed by atoms with Gasteiger partial charge >= 0.3 is 11.8 Å². The van der Waals surface area contributed by atoms with Crippen molar-refractivity contribution in [3.63, 3.8) is 0 Å². The lowest BCUT2D eigenvalue weighted by Gasteiger charge is -2.33.